The molecule has 2 aromatic rings. The Labute approximate surface area is 134 Å². The van der Waals surface area contributed by atoms with Crippen LogP contribution < -0.4 is 5.73 Å². The highest BCUT2D eigenvalue weighted by Gasteiger charge is 2.24. The van der Waals surface area contributed by atoms with E-state index in [-0.39, 0.29) is 0 Å². The summed E-state index contributed by atoms with van der Waals surface area (Å²) in [6.07, 6.45) is 3.49. The van der Waals surface area contributed by atoms with Crippen LogP contribution in [0.1, 0.15) is 43.9 Å². The SMILES string of the molecule is CC(C)Cc1nc(-c2cccc(C3CC3)c2)nc(N)c1Br. The first kappa shape index (κ1) is 14.5. The first-order valence-electron chi connectivity index (χ1n) is 7.47. The van der Waals surface area contributed by atoms with Crippen molar-refractivity contribution in [2.24, 2.45) is 5.92 Å². The highest BCUT2D eigenvalue weighted by Crippen LogP contribution is 2.41. The van der Waals surface area contributed by atoms with Gasteiger partial charge in [-0.15, -0.1) is 0 Å². The van der Waals surface area contributed by atoms with Crippen molar-refractivity contribution in [2.45, 2.75) is 39.0 Å². The van der Waals surface area contributed by atoms with Crippen molar-refractivity contribution in [3.8, 4) is 11.4 Å². The molecule has 1 aliphatic rings. The Bertz CT molecular complexity index is 663. The maximum absolute atomic E-state index is 6.05. The van der Waals surface area contributed by atoms with E-state index in [2.05, 4.69) is 59.0 Å². The molecular formula is C17H20BrN3. The van der Waals surface area contributed by atoms with Crippen molar-refractivity contribution in [2.75, 3.05) is 5.73 Å². The summed E-state index contributed by atoms with van der Waals surface area (Å²) in [6, 6.07) is 8.55. The molecule has 1 heterocycles. The number of benzene rings is 1. The van der Waals surface area contributed by atoms with Crippen LogP contribution in [0.4, 0.5) is 5.82 Å². The summed E-state index contributed by atoms with van der Waals surface area (Å²) in [5.74, 6) is 2.51. The number of hydrogen-bond donors (Lipinski definition) is 1. The van der Waals surface area contributed by atoms with Crippen LogP contribution in [0.3, 0.4) is 0 Å². The van der Waals surface area contributed by atoms with Crippen LogP contribution >= 0.6 is 15.9 Å². The molecule has 0 radical (unpaired) electrons. The molecule has 3 nitrogen and oxygen atoms in total. The smallest absolute Gasteiger partial charge is 0.161 e. The zero-order valence-corrected chi connectivity index (χ0v) is 14.0. The third-order valence-electron chi connectivity index (χ3n) is 3.74. The second kappa shape index (κ2) is 5.76. The lowest BCUT2D eigenvalue weighted by Gasteiger charge is -2.11. The number of halogens is 1. The number of aromatic nitrogens is 2. The van der Waals surface area contributed by atoms with E-state index in [9.17, 15) is 0 Å². The Kier molecular flexibility index (Phi) is 3.98. The summed E-state index contributed by atoms with van der Waals surface area (Å²) < 4.78 is 0.832. The average Bonchev–Trinajstić information content (AvgIpc) is 3.28. The molecule has 110 valence electrons. The van der Waals surface area contributed by atoms with E-state index >= 15 is 0 Å². The Balaban J connectivity index is 2.01. The first-order chi connectivity index (χ1) is 10.0. The van der Waals surface area contributed by atoms with Gasteiger partial charge in [0.1, 0.15) is 5.82 Å². The predicted molar refractivity (Wildman–Crippen MR) is 90.1 cm³/mol. The van der Waals surface area contributed by atoms with Crippen LogP contribution in [0.2, 0.25) is 0 Å². The predicted octanol–water partition coefficient (Wildman–Crippen LogP) is 4.56. The molecule has 1 aliphatic carbocycles. The van der Waals surface area contributed by atoms with E-state index in [0.29, 0.717) is 11.7 Å². The molecule has 0 amide bonds. The van der Waals surface area contributed by atoms with E-state index < -0.39 is 0 Å². The monoisotopic (exact) mass is 345 g/mol. The van der Waals surface area contributed by atoms with Crippen molar-refractivity contribution in [1.82, 2.24) is 9.97 Å². The highest BCUT2D eigenvalue weighted by molar-refractivity contribution is 9.10. The summed E-state index contributed by atoms with van der Waals surface area (Å²) in [7, 11) is 0. The van der Waals surface area contributed by atoms with Gasteiger partial charge >= 0.3 is 0 Å². The lowest BCUT2D eigenvalue weighted by molar-refractivity contribution is 0.633. The number of rotatable bonds is 4. The highest BCUT2D eigenvalue weighted by atomic mass is 79.9. The van der Waals surface area contributed by atoms with E-state index in [0.717, 1.165) is 33.9 Å². The van der Waals surface area contributed by atoms with Crippen molar-refractivity contribution < 1.29 is 0 Å². The van der Waals surface area contributed by atoms with E-state index in [1.165, 1.54) is 18.4 Å². The minimum atomic E-state index is 0.521. The number of nitrogens with two attached hydrogens (primary N) is 1. The molecule has 0 aliphatic heterocycles. The van der Waals surface area contributed by atoms with Gasteiger partial charge in [-0.1, -0.05) is 32.0 Å². The molecule has 2 N–H and O–H groups in total. The summed E-state index contributed by atoms with van der Waals surface area (Å²) in [5.41, 5.74) is 9.49. The average molecular weight is 346 g/mol. The maximum Gasteiger partial charge on any atom is 0.161 e. The van der Waals surface area contributed by atoms with E-state index in [1.54, 1.807) is 0 Å². The van der Waals surface area contributed by atoms with Crippen molar-refractivity contribution >= 4 is 21.7 Å². The lowest BCUT2D eigenvalue weighted by Crippen LogP contribution is -2.05. The molecule has 1 aromatic carbocycles. The van der Waals surface area contributed by atoms with Gasteiger partial charge in [-0.3, -0.25) is 0 Å². The molecule has 1 aromatic heterocycles. The number of anilines is 1. The number of nitrogens with zero attached hydrogens (tertiary/aromatic N) is 2. The maximum atomic E-state index is 6.05. The van der Waals surface area contributed by atoms with Gasteiger partial charge in [0.25, 0.3) is 0 Å². The lowest BCUT2D eigenvalue weighted by atomic mass is 10.1. The Morgan fingerprint density at radius 1 is 1.29 bits per heavy atom. The molecular weight excluding hydrogens is 326 g/mol. The normalized spacial score (nSPS) is 14.7. The molecule has 21 heavy (non-hydrogen) atoms. The number of nitrogen functional groups attached to an aromatic ring is 1. The fourth-order valence-corrected chi connectivity index (χ4v) is 2.85. The van der Waals surface area contributed by atoms with Gasteiger partial charge in [0.2, 0.25) is 0 Å². The van der Waals surface area contributed by atoms with Crippen molar-refractivity contribution in [1.29, 1.82) is 0 Å². The van der Waals surface area contributed by atoms with Gasteiger partial charge in [-0.25, -0.2) is 9.97 Å². The zero-order chi connectivity index (χ0) is 15.0. The van der Waals surface area contributed by atoms with Gasteiger partial charge in [-0.05, 0) is 58.7 Å². The van der Waals surface area contributed by atoms with Crippen LogP contribution in [0, 0.1) is 5.92 Å². The van der Waals surface area contributed by atoms with Crippen molar-refractivity contribution in [3.05, 3.63) is 40.0 Å². The molecule has 4 heteroatoms. The summed E-state index contributed by atoms with van der Waals surface area (Å²) >= 11 is 3.51. The zero-order valence-electron chi connectivity index (χ0n) is 12.4. The Hall–Kier alpha value is -1.42. The van der Waals surface area contributed by atoms with Crippen LogP contribution in [-0.2, 0) is 6.42 Å². The molecule has 0 spiro atoms. The van der Waals surface area contributed by atoms with Crippen LogP contribution in [0.25, 0.3) is 11.4 Å². The summed E-state index contributed by atoms with van der Waals surface area (Å²) in [6.45, 7) is 4.36. The molecule has 0 saturated heterocycles. The third-order valence-corrected chi connectivity index (χ3v) is 4.60. The second-order valence-corrected chi connectivity index (χ2v) is 6.98. The second-order valence-electron chi connectivity index (χ2n) is 6.19. The molecule has 0 atom stereocenters. The Morgan fingerprint density at radius 2 is 2.05 bits per heavy atom. The van der Waals surface area contributed by atoms with Crippen LogP contribution in [0.5, 0.6) is 0 Å². The van der Waals surface area contributed by atoms with E-state index in [1.807, 2.05) is 0 Å². The van der Waals surface area contributed by atoms with Gasteiger partial charge in [-0.2, -0.15) is 0 Å². The summed E-state index contributed by atoms with van der Waals surface area (Å²) in [5, 5.41) is 0. The molecule has 1 fully saturated rings. The quantitative estimate of drug-likeness (QED) is 0.883. The third kappa shape index (κ3) is 3.26. The van der Waals surface area contributed by atoms with Gasteiger partial charge < -0.3 is 5.73 Å². The minimum Gasteiger partial charge on any atom is -0.383 e. The molecule has 0 bridgehead atoms. The standard InChI is InChI=1S/C17H20BrN3/c1-10(2)8-14-15(18)16(19)21-17(20-14)13-5-3-4-12(9-13)11-6-7-11/h3-5,9-11H,6-8H2,1-2H3,(H2,19,20,21). The van der Waals surface area contributed by atoms with E-state index in [4.69, 9.17) is 10.7 Å². The first-order valence-corrected chi connectivity index (χ1v) is 8.26. The van der Waals surface area contributed by atoms with Crippen LogP contribution in [0.15, 0.2) is 28.7 Å². The van der Waals surface area contributed by atoms with Crippen LogP contribution in [-0.4, -0.2) is 9.97 Å². The molecule has 1 saturated carbocycles. The Morgan fingerprint density at radius 3 is 2.71 bits per heavy atom. The topological polar surface area (TPSA) is 51.8 Å². The fourth-order valence-electron chi connectivity index (χ4n) is 2.51. The largest absolute Gasteiger partial charge is 0.383 e. The summed E-state index contributed by atoms with van der Waals surface area (Å²) in [4.78, 5) is 9.18. The van der Waals surface area contributed by atoms with Gasteiger partial charge in [0.15, 0.2) is 5.82 Å². The minimum absolute atomic E-state index is 0.521. The van der Waals surface area contributed by atoms with Gasteiger partial charge in [0.05, 0.1) is 10.2 Å². The molecule has 3 rings (SSSR count). The fraction of sp³-hybridized carbons (Fsp3) is 0.412. The molecule has 0 unspecified atom stereocenters. The number of hydrogen-bond acceptors (Lipinski definition) is 3. The van der Waals surface area contributed by atoms with Crippen molar-refractivity contribution in [3.63, 3.8) is 0 Å². The van der Waals surface area contributed by atoms with Gasteiger partial charge in [0, 0.05) is 5.56 Å².